The van der Waals surface area contributed by atoms with Crippen molar-refractivity contribution >= 4 is 23.2 Å². The van der Waals surface area contributed by atoms with Gasteiger partial charge in [0.2, 0.25) is 0 Å². The van der Waals surface area contributed by atoms with Crippen molar-refractivity contribution in [1.82, 2.24) is 0 Å². The topological polar surface area (TPSA) is 67.5 Å². The lowest BCUT2D eigenvalue weighted by Gasteiger charge is -1.99. The summed E-state index contributed by atoms with van der Waals surface area (Å²) in [4.78, 5) is 10.1. The van der Waals surface area contributed by atoms with Crippen molar-refractivity contribution in [2.75, 3.05) is 5.43 Å². The van der Waals surface area contributed by atoms with E-state index in [0.29, 0.717) is 0 Å². The Labute approximate surface area is 122 Å². The maximum absolute atomic E-state index is 10.6. The molecule has 0 aliphatic carbocycles. The number of hydrazone groups is 1. The maximum Gasteiger partial charge on any atom is 0.269 e. The van der Waals surface area contributed by atoms with Crippen molar-refractivity contribution in [3.8, 4) is 0 Å². The van der Waals surface area contributed by atoms with Gasteiger partial charge in [-0.05, 0) is 42.8 Å². The summed E-state index contributed by atoms with van der Waals surface area (Å²) in [5.74, 6) is 0. The summed E-state index contributed by atoms with van der Waals surface area (Å²) in [5.41, 5.74) is 5.64. The Morgan fingerprint density at radius 2 is 1.81 bits per heavy atom. The summed E-state index contributed by atoms with van der Waals surface area (Å²) in [7, 11) is 0. The third kappa shape index (κ3) is 4.58. The first-order valence-corrected chi connectivity index (χ1v) is 6.43. The van der Waals surface area contributed by atoms with E-state index in [4.69, 9.17) is 0 Å². The normalized spacial score (nSPS) is 11.6. The van der Waals surface area contributed by atoms with Crippen molar-refractivity contribution in [3.05, 3.63) is 76.4 Å². The largest absolute Gasteiger partial charge is 0.278 e. The molecule has 0 unspecified atom stereocenters. The number of non-ortho nitro benzene ring substituents is 1. The summed E-state index contributed by atoms with van der Waals surface area (Å²) < 4.78 is 0. The third-order valence-corrected chi connectivity index (χ3v) is 2.76. The quantitative estimate of drug-likeness (QED) is 0.509. The van der Waals surface area contributed by atoms with E-state index in [1.807, 2.05) is 49.4 Å². The highest BCUT2D eigenvalue weighted by molar-refractivity contribution is 5.96. The highest BCUT2D eigenvalue weighted by Crippen LogP contribution is 2.13. The van der Waals surface area contributed by atoms with E-state index in [1.165, 1.54) is 12.1 Å². The fourth-order valence-corrected chi connectivity index (χ4v) is 1.63. The molecule has 0 heterocycles. The van der Waals surface area contributed by atoms with Gasteiger partial charge in [-0.1, -0.05) is 24.3 Å². The molecule has 0 atom stereocenters. The average Bonchev–Trinajstić information content (AvgIpc) is 2.52. The Morgan fingerprint density at radius 3 is 2.43 bits per heavy atom. The number of nitro benzene ring substituents is 1. The van der Waals surface area contributed by atoms with Gasteiger partial charge in [0, 0.05) is 12.1 Å². The maximum atomic E-state index is 10.6. The minimum Gasteiger partial charge on any atom is -0.278 e. The summed E-state index contributed by atoms with van der Waals surface area (Å²) in [6, 6.07) is 16.0. The molecular formula is C16H15N3O2. The van der Waals surface area contributed by atoms with Crippen LogP contribution in [0.5, 0.6) is 0 Å². The molecule has 1 N–H and O–H groups in total. The molecule has 0 amide bonds. The van der Waals surface area contributed by atoms with Crippen LogP contribution in [-0.4, -0.2) is 10.6 Å². The number of benzene rings is 2. The van der Waals surface area contributed by atoms with E-state index < -0.39 is 4.92 Å². The summed E-state index contributed by atoms with van der Waals surface area (Å²) in [6.07, 6.45) is 3.70. The highest BCUT2D eigenvalue weighted by Gasteiger charge is 2.01. The Balaban J connectivity index is 1.98. The van der Waals surface area contributed by atoms with E-state index >= 15 is 0 Å². The predicted octanol–water partition coefficient (Wildman–Crippen LogP) is 4.10. The minimum atomic E-state index is -0.413. The van der Waals surface area contributed by atoms with E-state index in [-0.39, 0.29) is 5.69 Å². The molecule has 0 saturated heterocycles. The molecule has 0 spiro atoms. The van der Waals surface area contributed by atoms with Crippen LogP contribution in [0, 0.1) is 10.1 Å². The summed E-state index contributed by atoms with van der Waals surface area (Å²) in [5, 5.41) is 14.8. The van der Waals surface area contributed by atoms with Crippen LogP contribution in [0.25, 0.3) is 6.08 Å². The monoisotopic (exact) mass is 281 g/mol. The molecule has 5 nitrogen and oxygen atoms in total. The third-order valence-electron chi connectivity index (χ3n) is 2.76. The molecule has 2 aromatic rings. The van der Waals surface area contributed by atoms with Crippen LogP contribution >= 0.6 is 0 Å². The second-order valence-electron chi connectivity index (χ2n) is 4.41. The number of hydrogen-bond donors (Lipinski definition) is 1. The fraction of sp³-hybridized carbons (Fsp3) is 0.0625. The van der Waals surface area contributed by atoms with Gasteiger partial charge in [-0.3, -0.25) is 15.5 Å². The van der Waals surface area contributed by atoms with Crippen LogP contribution < -0.4 is 5.43 Å². The molecule has 0 saturated carbocycles. The number of para-hydroxylation sites is 1. The smallest absolute Gasteiger partial charge is 0.269 e. The van der Waals surface area contributed by atoms with Crippen LogP contribution in [0.4, 0.5) is 11.4 Å². The number of nitro groups is 1. The molecule has 0 bridgehead atoms. The lowest BCUT2D eigenvalue weighted by molar-refractivity contribution is -0.384. The lowest BCUT2D eigenvalue weighted by Crippen LogP contribution is -1.93. The molecule has 21 heavy (non-hydrogen) atoms. The van der Waals surface area contributed by atoms with Crippen molar-refractivity contribution in [1.29, 1.82) is 0 Å². The highest BCUT2D eigenvalue weighted by atomic mass is 16.6. The minimum absolute atomic E-state index is 0.0864. The molecular weight excluding hydrogens is 266 g/mol. The number of rotatable bonds is 5. The number of hydrogen-bond acceptors (Lipinski definition) is 4. The van der Waals surface area contributed by atoms with Gasteiger partial charge in [-0.25, -0.2) is 0 Å². The molecule has 0 aliphatic rings. The molecule has 0 radical (unpaired) electrons. The van der Waals surface area contributed by atoms with Gasteiger partial charge in [-0.2, -0.15) is 5.10 Å². The van der Waals surface area contributed by atoms with Gasteiger partial charge in [0.25, 0.3) is 5.69 Å². The van der Waals surface area contributed by atoms with Crippen LogP contribution in [0.15, 0.2) is 65.8 Å². The Morgan fingerprint density at radius 1 is 1.14 bits per heavy atom. The van der Waals surface area contributed by atoms with Gasteiger partial charge >= 0.3 is 0 Å². The number of allylic oxidation sites excluding steroid dienone is 1. The molecule has 2 aromatic carbocycles. The molecule has 5 heteroatoms. The first-order valence-electron chi connectivity index (χ1n) is 6.43. The summed E-state index contributed by atoms with van der Waals surface area (Å²) >= 11 is 0. The zero-order valence-electron chi connectivity index (χ0n) is 11.6. The van der Waals surface area contributed by atoms with Crippen LogP contribution in [0.3, 0.4) is 0 Å². The number of anilines is 1. The zero-order chi connectivity index (χ0) is 15.1. The molecule has 0 aliphatic heterocycles. The number of nitrogens with one attached hydrogen (secondary N) is 1. The van der Waals surface area contributed by atoms with Crippen LogP contribution in [0.1, 0.15) is 12.5 Å². The summed E-state index contributed by atoms with van der Waals surface area (Å²) in [6.45, 7) is 1.87. The van der Waals surface area contributed by atoms with Gasteiger partial charge in [-0.15, -0.1) is 0 Å². The second kappa shape index (κ2) is 7.00. The zero-order valence-corrected chi connectivity index (χ0v) is 11.6. The molecule has 2 rings (SSSR count). The van der Waals surface area contributed by atoms with Crippen molar-refractivity contribution in [2.45, 2.75) is 6.92 Å². The van der Waals surface area contributed by atoms with E-state index in [2.05, 4.69) is 10.5 Å². The average molecular weight is 281 g/mol. The van der Waals surface area contributed by atoms with E-state index in [0.717, 1.165) is 17.0 Å². The fourth-order valence-electron chi connectivity index (χ4n) is 1.63. The molecule has 0 aromatic heterocycles. The Kier molecular flexibility index (Phi) is 4.82. The first kappa shape index (κ1) is 14.5. The van der Waals surface area contributed by atoms with Gasteiger partial charge < -0.3 is 0 Å². The predicted molar refractivity (Wildman–Crippen MR) is 85.3 cm³/mol. The molecule has 106 valence electrons. The van der Waals surface area contributed by atoms with Crippen LogP contribution in [0.2, 0.25) is 0 Å². The van der Waals surface area contributed by atoms with Crippen molar-refractivity contribution < 1.29 is 4.92 Å². The van der Waals surface area contributed by atoms with Gasteiger partial charge in [0.05, 0.1) is 16.3 Å². The second-order valence-corrected chi connectivity index (χ2v) is 4.41. The van der Waals surface area contributed by atoms with E-state index in [1.54, 1.807) is 12.1 Å². The first-order chi connectivity index (χ1) is 10.1. The number of nitrogens with zero attached hydrogens (tertiary/aromatic N) is 2. The Bertz CT molecular complexity index is 662. The Hall–Kier alpha value is -2.95. The SMILES string of the molecule is CC(/C=C/c1ccc([N+](=O)[O-])cc1)=N\Nc1ccccc1. The lowest BCUT2D eigenvalue weighted by atomic mass is 10.2. The standard InChI is InChI=1S/C16H15N3O2/c1-13(17-18-15-5-3-2-4-6-15)7-8-14-9-11-16(12-10-14)19(20)21/h2-12,18H,1H3/b8-7+,17-13+. The van der Waals surface area contributed by atoms with Crippen LogP contribution in [-0.2, 0) is 0 Å². The molecule has 0 fully saturated rings. The van der Waals surface area contributed by atoms with Gasteiger partial charge in [0.1, 0.15) is 0 Å². The van der Waals surface area contributed by atoms with E-state index in [9.17, 15) is 10.1 Å². The van der Waals surface area contributed by atoms with Gasteiger partial charge in [0.15, 0.2) is 0 Å². The van der Waals surface area contributed by atoms with Crippen molar-refractivity contribution in [3.63, 3.8) is 0 Å². The van der Waals surface area contributed by atoms with Crippen molar-refractivity contribution in [2.24, 2.45) is 5.10 Å².